The van der Waals surface area contributed by atoms with Crippen molar-refractivity contribution in [3.05, 3.63) is 52.7 Å². The summed E-state index contributed by atoms with van der Waals surface area (Å²) in [5.41, 5.74) is 0.452. The average molecular weight is 262 g/mol. The number of nitrogens with zero attached hydrogens (tertiary/aromatic N) is 2. The Morgan fingerprint density at radius 2 is 1.89 bits per heavy atom. The summed E-state index contributed by atoms with van der Waals surface area (Å²) in [7, 11) is 1.66. The number of carbonyl (C=O) groups is 1. The van der Waals surface area contributed by atoms with Gasteiger partial charge in [-0.2, -0.15) is 0 Å². The number of rotatable bonds is 4. The lowest BCUT2D eigenvalue weighted by Gasteiger charge is -2.02. The van der Waals surface area contributed by atoms with Crippen molar-refractivity contribution in [1.82, 2.24) is 9.13 Å². The molecule has 0 saturated heterocycles. The Morgan fingerprint density at radius 3 is 2.39 bits per heavy atom. The molecule has 0 fully saturated rings. The maximum Gasteiger partial charge on any atom is 0.328 e. The van der Waals surface area contributed by atoms with Gasteiger partial charge in [0.05, 0.1) is 6.54 Å². The van der Waals surface area contributed by atoms with E-state index in [1.54, 1.807) is 43.3 Å². The van der Waals surface area contributed by atoms with Crippen LogP contribution in [0, 0.1) is 0 Å². The van der Waals surface area contributed by atoms with Gasteiger partial charge in [-0.05, 0) is 18.4 Å². The van der Waals surface area contributed by atoms with E-state index in [0.717, 1.165) is 4.90 Å². The van der Waals surface area contributed by atoms with Crippen LogP contribution in [0.1, 0.15) is 10.4 Å². The van der Waals surface area contributed by atoms with Crippen LogP contribution in [0.5, 0.6) is 0 Å². The minimum atomic E-state index is -0.177. The van der Waals surface area contributed by atoms with Crippen molar-refractivity contribution in [1.29, 1.82) is 0 Å². The van der Waals surface area contributed by atoms with E-state index in [4.69, 9.17) is 0 Å². The normalized spacial score (nSPS) is 10.6. The molecule has 0 aliphatic heterocycles. The highest BCUT2D eigenvalue weighted by molar-refractivity contribution is 7.98. The Bertz CT molecular complexity index is 611. The van der Waals surface area contributed by atoms with Crippen molar-refractivity contribution in [3.63, 3.8) is 0 Å². The molecule has 0 spiro atoms. The molecular weight excluding hydrogens is 248 g/mol. The summed E-state index contributed by atoms with van der Waals surface area (Å²) < 4.78 is 2.86. The van der Waals surface area contributed by atoms with Crippen molar-refractivity contribution >= 4 is 17.5 Å². The highest BCUT2D eigenvalue weighted by atomic mass is 32.2. The third-order valence-corrected chi connectivity index (χ3v) is 3.49. The van der Waals surface area contributed by atoms with E-state index >= 15 is 0 Å². The number of thioether (sulfide) groups is 1. The predicted molar refractivity (Wildman–Crippen MR) is 72.2 cm³/mol. The minimum absolute atomic E-state index is 0.0593. The minimum Gasteiger partial charge on any atom is -0.302 e. The van der Waals surface area contributed by atoms with E-state index in [1.165, 1.54) is 9.13 Å². The summed E-state index contributed by atoms with van der Waals surface area (Å²) in [5, 5.41) is 0. The van der Waals surface area contributed by atoms with Crippen LogP contribution in [-0.2, 0) is 13.6 Å². The molecule has 0 bridgehead atoms. The molecule has 0 radical (unpaired) electrons. The van der Waals surface area contributed by atoms with E-state index in [1.807, 2.05) is 18.4 Å². The number of benzene rings is 1. The lowest BCUT2D eigenvalue weighted by molar-refractivity contribution is 0.0970. The van der Waals surface area contributed by atoms with Crippen LogP contribution < -0.4 is 5.69 Å². The second-order valence-corrected chi connectivity index (χ2v) is 4.85. The lowest BCUT2D eigenvalue weighted by atomic mass is 10.1. The Kier molecular flexibility index (Phi) is 3.72. The van der Waals surface area contributed by atoms with Gasteiger partial charge in [-0.15, -0.1) is 11.8 Å². The molecule has 0 N–H and O–H groups in total. The van der Waals surface area contributed by atoms with Gasteiger partial charge in [0, 0.05) is 29.9 Å². The van der Waals surface area contributed by atoms with Crippen LogP contribution in [0.3, 0.4) is 0 Å². The molecule has 94 valence electrons. The number of imidazole rings is 1. The van der Waals surface area contributed by atoms with Gasteiger partial charge in [0.25, 0.3) is 0 Å². The fraction of sp³-hybridized carbons (Fsp3) is 0.231. The first kappa shape index (κ1) is 12.7. The molecule has 2 aromatic rings. The van der Waals surface area contributed by atoms with E-state index in [9.17, 15) is 9.59 Å². The Balaban J connectivity index is 2.16. The molecule has 18 heavy (non-hydrogen) atoms. The number of hydrogen-bond donors (Lipinski definition) is 0. The molecule has 1 aromatic carbocycles. The Morgan fingerprint density at radius 1 is 1.22 bits per heavy atom. The molecule has 1 heterocycles. The van der Waals surface area contributed by atoms with Gasteiger partial charge in [-0.25, -0.2) is 4.79 Å². The smallest absolute Gasteiger partial charge is 0.302 e. The molecule has 0 atom stereocenters. The zero-order valence-electron chi connectivity index (χ0n) is 10.3. The largest absolute Gasteiger partial charge is 0.328 e. The number of ketones is 1. The van der Waals surface area contributed by atoms with Gasteiger partial charge in [0.1, 0.15) is 0 Å². The summed E-state index contributed by atoms with van der Waals surface area (Å²) in [6, 6.07) is 7.40. The van der Waals surface area contributed by atoms with Crippen molar-refractivity contribution in [3.8, 4) is 0 Å². The molecule has 0 saturated carbocycles. The number of carbonyl (C=O) groups excluding carboxylic acids is 1. The highest BCUT2D eigenvalue weighted by Gasteiger charge is 2.09. The van der Waals surface area contributed by atoms with Crippen LogP contribution in [0.25, 0.3) is 0 Å². The number of aromatic nitrogens is 2. The number of aryl methyl sites for hydroxylation is 1. The average Bonchev–Trinajstić information content (AvgIpc) is 2.71. The second-order valence-electron chi connectivity index (χ2n) is 3.97. The molecule has 2 rings (SSSR count). The molecule has 0 aliphatic rings. The van der Waals surface area contributed by atoms with Gasteiger partial charge in [-0.1, -0.05) is 12.1 Å². The fourth-order valence-electron chi connectivity index (χ4n) is 1.65. The number of Topliss-reactive ketones (excluding diaryl/α,β-unsaturated/α-hetero) is 1. The van der Waals surface area contributed by atoms with Gasteiger partial charge < -0.3 is 4.57 Å². The molecule has 5 heteroatoms. The first-order valence-corrected chi connectivity index (χ1v) is 6.73. The fourth-order valence-corrected chi connectivity index (χ4v) is 2.06. The molecule has 0 unspecified atom stereocenters. The quantitative estimate of drug-likeness (QED) is 0.623. The summed E-state index contributed by atoms with van der Waals surface area (Å²) in [4.78, 5) is 24.7. The summed E-state index contributed by atoms with van der Waals surface area (Å²) in [5.74, 6) is -0.0593. The van der Waals surface area contributed by atoms with Crippen molar-refractivity contribution < 1.29 is 4.79 Å². The third-order valence-electron chi connectivity index (χ3n) is 2.74. The van der Waals surface area contributed by atoms with Crippen molar-refractivity contribution in [2.24, 2.45) is 7.05 Å². The standard InChI is InChI=1S/C13H14N2O2S/c1-14-7-8-15(13(14)17)9-12(16)10-3-5-11(18-2)6-4-10/h3-8H,9H2,1-2H3. The molecule has 1 aromatic heterocycles. The molecule has 4 nitrogen and oxygen atoms in total. The highest BCUT2D eigenvalue weighted by Crippen LogP contribution is 2.15. The number of hydrogen-bond acceptors (Lipinski definition) is 3. The van der Waals surface area contributed by atoms with E-state index in [0.29, 0.717) is 5.56 Å². The topological polar surface area (TPSA) is 44.0 Å². The second kappa shape index (κ2) is 5.27. The predicted octanol–water partition coefficient (Wildman–Crippen LogP) is 1.79. The maximum atomic E-state index is 12.0. The van der Waals surface area contributed by atoms with Crippen LogP contribution in [0.15, 0.2) is 46.3 Å². The lowest BCUT2D eigenvalue weighted by Crippen LogP contribution is -2.25. The Hall–Kier alpha value is -1.75. The monoisotopic (exact) mass is 262 g/mol. The first-order valence-electron chi connectivity index (χ1n) is 5.51. The van der Waals surface area contributed by atoms with Crippen LogP contribution >= 0.6 is 11.8 Å². The van der Waals surface area contributed by atoms with Gasteiger partial charge >= 0.3 is 5.69 Å². The maximum absolute atomic E-state index is 12.0. The SMILES string of the molecule is CSc1ccc(C(=O)Cn2ccn(C)c2=O)cc1. The van der Waals surface area contributed by atoms with Gasteiger partial charge in [-0.3, -0.25) is 9.36 Å². The summed E-state index contributed by atoms with van der Waals surface area (Å²) in [6.07, 6.45) is 5.25. The molecular formula is C13H14N2O2S. The van der Waals surface area contributed by atoms with Crippen LogP contribution in [0.2, 0.25) is 0 Å². The third kappa shape index (κ3) is 2.56. The zero-order chi connectivity index (χ0) is 13.1. The van der Waals surface area contributed by atoms with Crippen molar-refractivity contribution in [2.45, 2.75) is 11.4 Å². The summed E-state index contributed by atoms with van der Waals surface area (Å²) >= 11 is 1.63. The van der Waals surface area contributed by atoms with Crippen LogP contribution in [0.4, 0.5) is 0 Å². The van der Waals surface area contributed by atoms with E-state index in [2.05, 4.69) is 0 Å². The molecule has 0 amide bonds. The van der Waals surface area contributed by atoms with E-state index < -0.39 is 0 Å². The Labute approximate surface area is 109 Å². The molecule has 0 aliphatic carbocycles. The van der Waals surface area contributed by atoms with Crippen LogP contribution in [-0.4, -0.2) is 21.2 Å². The van der Waals surface area contributed by atoms with Gasteiger partial charge in [0.2, 0.25) is 0 Å². The summed E-state index contributed by atoms with van der Waals surface area (Å²) in [6.45, 7) is 0.0816. The van der Waals surface area contributed by atoms with Gasteiger partial charge in [0.15, 0.2) is 5.78 Å². The van der Waals surface area contributed by atoms with Crippen molar-refractivity contribution in [2.75, 3.05) is 6.26 Å². The van der Waals surface area contributed by atoms with E-state index in [-0.39, 0.29) is 18.0 Å². The zero-order valence-corrected chi connectivity index (χ0v) is 11.1. The first-order chi connectivity index (χ1) is 8.61.